The Morgan fingerprint density at radius 1 is 1.39 bits per heavy atom. The molecule has 0 radical (unpaired) electrons. The fraction of sp³-hybridized carbons (Fsp3) is 0.143. The summed E-state index contributed by atoms with van der Waals surface area (Å²) >= 11 is 6.08. The number of nitrogens with zero attached hydrogens (tertiary/aromatic N) is 2. The minimum atomic E-state index is 0.544. The number of halogens is 1. The van der Waals surface area contributed by atoms with Crippen LogP contribution in [0.1, 0.15) is 16.8 Å². The summed E-state index contributed by atoms with van der Waals surface area (Å²) in [7, 11) is 0. The minimum Gasteiger partial charge on any atom is -0.378 e. The van der Waals surface area contributed by atoms with Crippen LogP contribution in [-0.2, 0) is 6.54 Å². The first-order valence-corrected chi connectivity index (χ1v) is 5.92. The number of hydrogen-bond acceptors (Lipinski definition) is 3. The van der Waals surface area contributed by atoms with Gasteiger partial charge in [-0.25, -0.2) is 0 Å². The molecule has 0 bridgehead atoms. The van der Waals surface area contributed by atoms with Gasteiger partial charge in [-0.15, -0.1) is 0 Å². The Kier molecular flexibility index (Phi) is 3.81. The van der Waals surface area contributed by atoms with E-state index in [1.54, 1.807) is 24.4 Å². The lowest BCUT2D eigenvalue weighted by atomic mass is 10.2. The summed E-state index contributed by atoms with van der Waals surface area (Å²) < 4.78 is 0. The molecule has 0 fully saturated rings. The third kappa shape index (κ3) is 2.79. The second-order valence-corrected chi connectivity index (χ2v) is 4.33. The molecule has 0 saturated heterocycles. The van der Waals surface area contributed by atoms with Gasteiger partial charge in [0.05, 0.1) is 34.6 Å². The van der Waals surface area contributed by atoms with Crippen LogP contribution in [-0.4, -0.2) is 4.98 Å². The normalized spacial score (nSPS) is 9.83. The number of hydrogen-bond donors (Lipinski definition) is 1. The van der Waals surface area contributed by atoms with E-state index in [2.05, 4.69) is 16.4 Å². The smallest absolute Gasteiger partial charge is 0.0992 e. The number of nitrogens with one attached hydrogen (secondary N) is 1. The molecule has 0 spiro atoms. The summed E-state index contributed by atoms with van der Waals surface area (Å²) in [5.41, 5.74) is 3.48. The predicted octanol–water partition coefficient (Wildman–Crippen LogP) is 3.53. The fourth-order valence-electron chi connectivity index (χ4n) is 1.61. The first-order chi connectivity index (χ1) is 8.70. The zero-order chi connectivity index (χ0) is 13.0. The van der Waals surface area contributed by atoms with Gasteiger partial charge in [0.25, 0.3) is 0 Å². The maximum atomic E-state index is 8.76. The van der Waals surface area contributed by atoms with Crippen LogP contribution >= 0.6 is 11.6 Å². The molecular weight excluding hydrogens is 246 g/mol. The highest BCUT2D eigenvalue weighted by Crippen LogP contribution is 2.23. The number of nitriles is 1. The number of anilines is 1. The van der Waals surface area contributed by atoms with Gasteiger partial charge in [0.1, 0.15) is 0 Å². The monoisotopic (exact) mass is 257 g/mol. The first kappa shape index (κ1) is 12.4. The zero-order valence-electron chi connectivity index (χ0n) is 9.94. The van der Waals surface area contributed by atoms with Gasteiger partial charge in [0, 0.05) is 6.20 Å². The Morgan fingerprint density at radius 2 is 2.22 bits per heavy atom. The van der Waals surface area contributed by atoms with E-state index in [1.165, 1.54) is 0 Å². The van der Waals surface area contributed by atoms with Crippen LogP contribution < -0.4 is 5.32 Å². The highest BCUT2D eigenvalue weighted by molar-refractivity contribution is 6.33. The summed E-state index contributed by atoms with van der Waals surface area (Å²) in [6.07, 6.45) is 1.77. The second kappa shape index (κ2) is 5.52. The van der Waals surface area contributed by atoms with Crippen molar-refractivity contribution in [1.29, 1.82) is 5.26 Å². The average Bonchev–Trinajstić information content (AvgIpc) is 2.39. The third-order valence-electron chi connectivity index (χ3n) is 2.66. The highest BCUT2D eigenvalue weighted by atomic mass is 35.5. The molecule has 2 aromatic rings. The molecule has 1 heterocycles. The van der Waals surface area contributed by atoms with E-state index in [0.717, 1.165) is 16.9 Å². The van der Waals surface area contributed by atoms with E-state index in [0.29, 0.717) is 17.1 Å². The van der Waals surface area contributed by atoms with Crippen molar-refractivity contribution < 1.29 is 0 Å². The lowest BCUT2D eigenvalue weighted by Gasteiger charge is -2.09. The van der Waals surface area contributed by atoms with Crippen molar-refractivity contribution in [3.8, 4) is 6.07 Å². The number of aromatic nitrogens is 1. The van der Waals surface area contributed by atoms with Crippen molar-refractivity contribution in [1.82, 2.24) is 4.98 Å². The number of rotatable bonds is 3. The van der Waals surface area contributed by atoms with E-state index < -0.39 is 0 Å². The molecule has 1 N–H and O–H groups in total. The van der Waals surface area contributed by atoms with E-state index in [9.17, 15) is 0 Å². The summed E-state index contributed by atoms with van der Waals surface area (Å²) in [5, 5.41) is 12.5. The number of benzene rings is 1. The van der Waals surface area contributed by atoms with Crippen molar-refractivity contribution in [2.75, 3.05) is 5.32 Å². The Hall–Kier alpha value is -2.05. The summed E-state index contributed by atoms with van der Waals surface area (Å²) in [5.74, 6) is 0. The molecule has 3 nitrogen and oxygen atoms in total. The average molecular weight is 258 g/mol. The summed E-state index contributed by atoms with van der Waals surface area (Å²) in [6.45, 7) is 2.63. The molecule has 0 aliphatic rings. The molecule has 4 heteroatoms. The van der Waals surface area contributed by atoms with E-state index >= 15 is 0 Å². The van der Waals surface area contributed by atoms with Gasteiger partial charge >= 0.3 is 0 Å². The van der Waals surface area contributed by atoms with Gasteiger partial charge in [0.15, 0.2) is 0 Å². The molecule has 18 heavy (non-hydrogen) atoms. The van der Waals surface area contributed by atoms with Crippen LogP contribution in [0.15, 0.2) is 36.5 Å². The molecule has 0 amide bonds. The standard InChI is InChI=1S/C14H12ClN3/c1-10-3-2-6-17-14(10)9-18-13-5-4-11(8-16)7-12(13)15/h2-7,18H,9H2,1H3. The van der Waals surface area contributed by atoms with Crippen LogP contribution in [0.3, 0.4) is 0 Å². The van der Waals surface area contributed by atoms with Crippen LogP contribution in [0.5, 0.6) is 0 Å². The number of pyridine rings is 1. The molecule has 0 aliphatic heterocycles. The van der Waals surface area contributed by atoms with E-state index in [-0.39, 0.29) is 0 Å². The van der Waals surface area contributed by atoms with Gasteiger partial charge in [-0.1, -0.05) is 17.7 Å². The van der Waals surface area contributed by atoms with E-state index in [1.807, 2.05) is 19.1 Å². The third-order valence-corrected chi connectivity index (χ3v) is 2.98. The molecule has 0 aliphatic carbocycles. The summed E-state index contributed by atoms with van der Waals surface area (Å²) in [6, 6.07) is 11.2. The SMILES string of the molecule is Cc1cccnc1CNc1ccc(C#N)cc1Cl. The largest absolute Gasteiger partial charge is 0.378 e. The fourth-order valence-corrected chi connectivity index (χ4v) is 1.86. The lowest BCUT2D eigenvalue weighted by Crippen LogP contribution is -2.03. The molecule has 1 aromatic heterocycles. The summed E-state index contributed by atoms with van der Waals surface area (Å²) in [4.78, 5) is 4.30. The van der Waals surface area contributed by atoms with Gasteiger partial charge in [0.2, 0.25) is 0 Å². The minimum absolute atomic E-state index is 0.544. The van der Waals surface area contributed by atoms with Gasteiger partial charge < -0.3 is 5.32 Å². The molecule has 90 valence electrons. The van der Waals surface area contributed by atoms with Crippen LogP contribution in [0.4, 0.5) is 5.69 Å². The second-order valence-electron chi connectivity index (χ2n) is 3.93. The zero-order valence-corrected chi connectivity index (χ0v) is 10.7. The van der Waals surface area contributed by atoms with Crippen molar-refractivity contribution in [3.05, 3.63) is 58.4 Å². The van der Waals surface area contributed by atoms with E-state index in [4.69, 9.17) is 16.9 Å². The van der Waals surface area contributed by atoms with Crippen LogP contribution in [0.2, 0.25) is 5.02 Å². The Bertz CT molecular complexity index is 602. The van der Waals surface area contributed by atoms with Crippen molar-refractivity contribution >= 4 is 17.3 Å². The maximum Gasteiger partial charge on any atom is 0.0992 e. The molecule has 0 saturated carbocycles. The van der Waals surface area contributed by atoms with Gasteiger partial charge in [-0.05, 0) is 36.8 Å². The molecule has 2 rings (SSSR count). The number of aryl methyl sites for hydroxylation is 1. The first-order valence-electron chi connectivity index (χ1n) is 5.54. The predicted molar refractivity (Wildman–Crippen MR) is 72.5 cm³/mol. The van der Waals surface area contributed by atoms with Gasteiger partial charge in [-0.2, -0.15) is 5.26 Å². The molecular formula is C14H12ClN3. The molecule has 0 atom stereocenters. The van der Waals surface area contributed by atoms with Gasteiger partial charge in [-0.3, -0.25) is 4.98 Å². The molecule has 1 aromatic carbocycles. The Morgan fingerprint density at radius 3 is 2.89 bits per heavy atom. The quantitative estimate of drug-likeness (QED) is 0.915. The van der Waals surface area contributed by atoms with Crippen molar-refractivity contribution in [2.45, 2.75) is 13.5 Å². The molecule has 0 unspecified atom stereocenters. The van der Waals surface area contributed by atoms with Crippen molar-refractivity contribution in [2.24, 2.45) is 0 Å². The van der Waals surface area contributed by atoms with Crippen molar-refractivity contribution in [3.63, 3.8) is 0 Å². The Balaban J connectivity index is 2.12. The maximum absolute atomic E-state index is 8.76. The Labute approximate surface area is 111 Å². The van der Waals surface area contributed by atoms with Crippen LogP contribution in [0.25, 0.3) is 0 Å². The van der Waals surface area contributed by atoms with Crippen LogP contribution in [0, 0.1) is 18.3 Å². The topological polar surface area (TPSA) is 48.7 Å². The highest BCUT2D eigenvalue weighted by Gasteiger charge is 2.03. The lowest BCUT2D eigenvalue weighted by molar-refractivity contribution is 1.02.